The Hall–Kier alpha value is -0.950. The van der Waals surface area contributed by atoms with Gasteiger partial charge in [0.05, 0.1) is 25.2 Å². The third kappa shape index (κ3) is 3.87. The summed E-state index contributed by atoms with van der Waals surface area (Å²) in [6.45, 7) is 3.10. The fourth-order valence-corrected chi connectivity index (χ4v) is 4.05. The molecule has 3 heterocycles. The molecule has 0 spiro atoms. The molecule has 0 aliphatic carbocycles. The molecule has 2 aliphatic rings. The third-order valence-electron chi connectivity index (χ3n) is 4.47. The van der Waals surface area contributed by atoms with Crippen LogP contribution < -0.4 is 5.32 Å². The van der Waals surface area contributed by atoms with E-state index in [9.17, 15) is 9.90 Å². The summed E-state index contributed by atoms with van der Waals surface area (Å²) in [6.07, 6.45) is 2.61. The van der Waals surface area contributed by atoms with Crippen LogP contribution in [0.4, 0.5) is 0 Å². The normalized spacial score (nSPS) is 27.0. The Bertz CT molecular complexity index is 474. The predicted molar refractivity (Wildman–Crippen MR) is 85.9 cm³/mol. The first kappa shape index (κ1) is 15.9. The molecule has 1 aromatic rings. The zero-order valence-corrected chi connectivity index (χ0v) is 13.6. The van der Waals surface area contributed by atoms with E-state index in [-0.39, 0.29) is 18.1 Å². The lowest BCUT2D eigenvalue weighted by molar-refractivity contribution is -0.136. The predicted octanol–water partition coefficient (Wildman–Crippen LogP) is 1.54. The zero-order valence-electron chi connectivity index (χ0n) is 12.7. The van der Waals surface area contributed by atoms with Gasteiger partial charge < -0.3 is 20.1 Å². The van der Waals surface area contributed by atoms with Crippen molar-refractivity contribution in [3.8, 4) is 0 Å². The molecular weight excluding hydrogens is 300 g/mol. The summed E-state index contributed by atoms with van der Waals surface area (Å²) < 4.78 is 5.63. The zero-order chi connectivity index (χ0) is 15.4. The van der Waals surface area contributed by atoms with Crippen molar-refractivity contribution in [1.82, 2.24) is 10.2 Å². The summed E-state index contributed by atoms with van der Waals surface area (Å²) in [6, 6.07) is 4.06. The molecule has 1 aromatic heterocycles. The van der Waals surface area contributed by atoms with Gasteiger partial charge in [-0.3, -0.25) is 4.79 Å². The van der Waals surface area contributed by atoms with Crippen molar-refractivity contribution in [2.75, 3.05) is 26.2 Å². The van der Waals surface area contributed by atoms with Crippen LogP contribution in [0, 0.1) is 0 Å². The molecule has 1 amide bonds. The third-order valence-corrected chi connectivity index (χ3v) is 5.44. The van der Waals surface area contributed by atoms with Gasteiger partial charge in [0.25, 0.3) is 0 Å². The molecule has 3 unspecified atom stereocenters. The van der Waals surface area contributed by atoms with Gasteiger partial charge in [-0.1, -0.05) is 6.07 Å². The summed E-state index contributed by atoms with van der Waals surface area (Å²) in [7, 11) is 0. The van der Waals surface area contributed by atoms with Gasteiger partial charge in [0.1, 0.15) is 0 Å². The molecule has 0 radical (unpaired) electrons. The number of nitrogens with one attached hydrogen (secondary N) is 1. The number of nitrogens with zero attached hydrogens (tertiary/aromatic N) is 1. The number of aliphatic hydroxyl groups excluding tert-OH is 1. The topological polar surface area (TPSA) is 61.8 Å². The fourth-order valence-electron chi connectivity index (χ4n) is 3.33. The van der Waals surface area contributed by atoms with Gasteiger partial charge in [0, 0.05) is 30.6 Å². The average molecular weight is 324 g/mol. The van der Waals surface area contributed by atoms with Gasteiger partial charge in [-0.2, -0.15) is 0 Å². The second-order valence-corrected chi connectivity index (χ2v) is 7.03. The highest BCUT2D eigenvalue weighted by Crippen LogP contribution is 2.30. The number of likely N-dealkylation sites (tertiary alicyclic amines) is 1. The van der Waals surface area contributed by atoms with E-state index in [1.807, 2.05) is 22.4 Å². The van der Waals surface area contributed by atoms with Crippen LogP contribution in [-0.4, -0.2) is 54.3 Å². The van der Waals surface area contributed by atoms with Gasteiger partial charge >= 0.3 is 0 Å². The van der Waals surface area contributed by atoms with E-state index in [0.717, 1.165) is 37.4 Å². The van der Waals surface area contributed by atoms with Crippen LogP contribution in [0.5, 0.6) is 0 Å². The standard InChI is InChI=1S/C16H24N2O3S/c19-14(15-4-2-8-22-15)9-12-3-1-6-18(12)16(20)10-13-11-17-5-7-21-13/h2,4,8,12-14,17,19H,1,3,5-7,9-11H2. The maximum Gasteiger partial charge on any atom is 0.225 e. The van der Waals surface area contributed by atoms with Gasteiger partial charge in [-0.15, -0.1) is 11.3 Å². The monoisotopic (exact) mass is 324 g/mol. The van der Waals surface area contributed by atoms with E-state index in [4.69, 9.17) is 4.74 Å². The summed E-state index contributed by atoms with van der Waals surface area (Å²) >= 11 is 1.57. The van der Waals surface area contributed by atoms with Gasteiger partial charge in [-0.25, -0.2) is 0 Å². The van der Waals surface area contributed by atoms with Crippen LogP contribution in [0.3, 0.4) is 0 Å². The summed E-state index contributed by atoms with van der Waals surface area (Å²) in [4.78, 5) is 15.5. The quantitative estimate of drug-likeness (QED) is 0.862. The van der Waals surface area contributed by atoms with Crippen LogP contribution in [-0.2, 0) is 9.53 Å². The molecule has 0 bridgehead atoms. The first-order chi connectivity index (χ1) is 10.7. The number of carbonyl (C=O) groups excluding carboxylic acids is 1. The van der Waals surface area contributed by atoms with Crippen LogP contribution in [0.2, 0.25) is 0 Å². The number of hydrogen-bond donors (Lipinski definition) is 2. The number of ether oxygens (including phenoxy) is 1. The minimum absolute atomic E-state index is 0.00952. The molecule has 5 nitrogen and oxygen atoms in total. The van der Waals surface area contributed by atoms with Crippen molar-refractivity contribution in [1.29, 1.82) is 0 Å². The molecule has 2 N–H and O–H groups in total. The number of hydrogen-bond acceptors (Lipinski definition) is 5. The molecule has 2 aliphatic heterocycles. The lowest BCUT2D eigenvalue weighted by atomic mass is 10.1. The number of aliphatic hydroxyl groups is 1. The Balaban J connectivity index is 1.54. The first-order valence-corrected chi connectivity index (χ1v) is 8.95. The molecule has 0 aromatic carbocycles. The van der Waals surface area contributed by atoms with Crippen LogP contribution >= 0.6 is 11.3 Å². The van der Waals surface area contributed by atoms with Gasteiger partial charge in [0.15, 0.2) is 0 Å². The largest absolute Gasteiger partial charge is 0.387 e. The Morgan fingerprint density at radius 3 is 3.23 bits per heavy atom. The second-order valence-electron chi connectivity index (χ2n) is 6.05. The highest BCUT2D eigenvalue weighted by molar-refractivity contribution is 7.10. The highest BCUT2D eigenvalue weighted by Gasteiger charge is 2.32. The minimum Gasteiger partial charge on any atom is -0.387 e. The summed E-state index contributed by atoms with van der Waals surface area (Å²) in [5, 5.41) is 15.6. The fraction of sp³-hybridized carbons (Fsp3) is 0.688. The number of morpholine rings is 1. The minimum atomic E-state index is -0.467. The van der Waals surface area contributed by atoms with E-state index in [2.05, 4.69) is 5.32 Å². The summed E-state index contributed by atoms with van der Waals surface area (Å²) in [5.41, 5.74) is 0. The van der Waals surface area contributed by atoms with E-state index in [1.165, 1.54) is 0 Å². The van der Waals surface area contributed by atoms with E-state index in [0.29, 0.717) is 19.4 Å². The molecule has 2 saturated heterocycles. The molecule has 3 atom stereocenters. The summed E-state index contributed by atoms with van der Waals surface area (Å²) in [5.74, 6) is 0.162. The molecular formula is C16H24N2O3S. The molecule has 122 valence electrons. The Morgan fingerprint density at radius 1 is 1.59 bits per heavy atom. The molecule has 0 saturated carbocycles. The van der Waals surface area contributed by atoms with Crippen molar-refractivity contribution in [3.05, 3.63) is 22.4 Å². The van der Waals surface area contributed by atoms with E-state index < -0.39 is 6.10 Å². The smallest absolute Gasteiger partial charge is 0.225 e. The number of amides is 1. The second kappa shape index (κ2) is 7.55. The molecule has 2 fully saturated rings. The maximum atomic E-state index is 12.5. The van der Waals surface area contributed by atoms with Gasteiger partial charge in [0.2, 0.25) is 5.91 Å². The SMILES string of the molecule is O=C(CC1CNCCO1)N1CCCC1CC(O)c1cccs1. The van der Waals surface area contributed by atoms with Crippen LogP contribution in [0.25, 0.3) is 0 Å². The first-order valence-electron chi connectivity index (χ1n) is 8.07. The van der Waals surface area contributed by atoms with Crippen molar-refractivity contribution in [3.63, 3.8) is 0 Å². The molecule has 22 heavy (non-hydrogen) atoms. The number of rotatable bonds is 5. The Morgan fingerprint density at radius 2 is 2.50 bits per heavy atom. The van der Waals surface area contributed by atoms with Crippen LogP contribution in [0.15, 0.2) is 17.5 Å². The highest BCUT2D eigenvalue weighted by atomic mass is 32.1. The lowest BCUT2D eigenvalue weighted by Gasteiger charge is -2.29. The lowest BCUT2D eigenvalue weighted by Crippen LogP contribution is -2.43. The van der Waals surface area contributed by atoms with Crippen molar-refractivity contribution < 1.29 is 14.6 Å². The number of carbonyl (C=O) groups is 1. The maximum absolute atomic E-state index is 12.5. The molecule has 3 rings (SSSR count). The van der Waals surface area contributed by atoms with Crippen molar-refractivity contribution in [2.24, 2.45) is 0 Å². The van der Waals surface area contributed by atoms with Gasteiger partial charge in [-0.05, 0) is 30.7 Å². The van der Waals surface area contributed by atoms with Crippen molar-refractivity contribution in [2.45, 2.75) is 43.9 Å². The Labute approximate surface area is 135 Å². The van der Waals surface area contributed by atoms with E-state index in [1.54, 1.807) is 11.3 Å². The van der Waals surface area contributed by atoms with Crippen molar-refractivity contribution >= 4 is 17.2 Å². The number of thiophene rings is 1. The van der Waals surface area contributed by atoms with E-state index >= 15 is 0 Å². The van der Waals surface area contributed by atoms with Crippen LogP contribution in [0.1, 0.15) is 36.7 Å². The Kier molecular flexibility index (Phi) is 5.46. The molecule has 6 heteroatoms. The average Bonchev–Trinajstić information content (AvgIpc) is 3.19.